The third kappa shape index (κ3) is 3.83. The van der Waals surface area contributed by atoms with Crippen LogP contribution in [0.2, 0.25) is 0 Å². The number of hydrogen-bond donors (Lipinski definition) is 2. The average Bonchev–Trinajstić information content (AvgIpc) is 2.70. The van der Waals surface area contributed by atoms with E-state index >= 15 is 0 Å². The summed E-state index contributed by atoms with van der Waals surface area (Å²) in [5.41, 5.74) is 0.0152. The molecule has 4 rings (SSSR count). The van der Waals surface area contributed by atoms with Crippen molar-refractivity contribution in [1.29, 1.82) is 0 Å². The first-order valence-corrected chi connectivity index (χ1v) is 10.4. The molecule has 1 amide bonds. The molecule has 8 heteroatoms. The van der Waals surface area contributed by atoms with Crippen molar-refractivity contribution >= 4 is 5.91 Å². The van der Waals surface area contributed by atoms with Gasteiger partial charge >= 0.3 is 6.36 Å². The van der Waals surface area contributed by atoms with E-state index in [1.807, 2.05) is 12.1 Å². The monoisotopic (exact) mass is 446 g/mol. The number of carbonyl (C=O) groups excluding carboxylic acids is 1. The van der Waals surface area contributed by atoms with Crippen LogP contribution in [0, 0.1) is 0 Å². The van der Waals surface area contributed by atoms with Gasteiger partial charge in [-0.05, 0) is 55.0 Å². The van der Waals surface area contributed by atoms with Gasteiger partial charge in [0.1, 0.15) is 11.6 Å². The first-order chi connectivity index (χ1) is 14.9. The van der Waals surface area contributed by atoms with E-state index in [0.29, 0.717) is 29.8 Å². The fourth-order valence-corrected chi connectivity index (χ4v) is 4.55. The number of nitrogens with zero attached hydrogens (tertiary/aromatic N) is 1. The second kappa shape index (κ2) is 7.55. The Balaban J connectivity index is 1.76. The normalized spacial score (nSPS) is 25.2. The van der Waals surface area contributed by atoms with Gasteiger partial charge in [-0.15, -0.1) is 13.2 Å². The molecule has 0 bridgehead atoms. The maximum atomic E-state index is 13.4. The van der Waals surface area contributed by atoms with Gasteiger partial charge in [0.25, 0.3) is 0 Å². The molecular formula is C24H25F3N2O3. The summed E-state index contributed by atoms with van der Waals surface area (Å²) in [6.45, 7) is 5.65. The Kier molecular flexibility index (Phi) is 5.24. The molecule has 0 aromatic heterocycles. The van der Waals surface area contributed by atoms with Gasteiger partial charge in [0.05, 0.1) is 17.1 Å². The first kappa shape index (κ1) is 22.2. The van der Waals surface area contributed by atoms with Crippen LogP contribution in [0.15, 0.2) is 60.9 Å². The van der Waals surface area contributed by atoms with Gasteiger partial charge in [-0.25, -0.2) is 0 Å². The number of alkyl halides is 3. The summed E-state index contributed by atoms with van der Waals surface area (Å²) < 4.78 is 42.4. The molecule has 2 fully saturated rings. The molecule has 2 aromatic carbocycles. The molecule has 1 aliphatic carbocycles. The number of halogens is 3. The van der Waals surface area contributed by atoms with Crippen molar-refractivity contribution in [2.24, 2.45) is 0 Å². The summed E-state index contributed by atoms with van der Waals surface area (Å²) in [6.07, 6.45) is -2.47. The van der Waals surface area contributed by atoms with Gasteiger partial charge in [0.2, 0.25) is 5.91 Å². The number of benzene rings is 2. The zero-order valence-electron chi connectivity index (χ0n) is 17.9. The lowest BCUT2D eigenvalue weighted by Gasteiger charge is -2.47. The maximum absolute atomic E-state index is 13.4. The molecule has 0 radical (unpaired) electrons. The second-order valence-corrected chi connectivity index (χ2v) is 8.69. The number of carbonyl (C=O) groups is 1. The van der Waals surface area contributed by atoms with Crippen LogP contribution < -0.4 is 10.1 Å². The van der Waals surface area contributed by atoms with Crippen molar-refractivity contribution in [3.63, 3.8) is 0 Å². The lowest BCUT2D eigenvalue weighted by atomic mass is 9.72. The third-order valence-electron chi connectivity index (χ3n) is 6.59. The molecule has 1 aliphatic heterocycles. The summed E-state index contributed by atoms with van der Waals surface area (Å²) >= 11 is 0. The number of nitrogens with one attached hydrogen (secondary N) is 1. The summed E-state index contributed by atoms with van der Waals surface area (Å²) in [6, 6.07) is 12.8. The Morgan fingerprint density at radius 2 is 1.81 bits per heavy atom. The van der Waals surface area contributed by atoms with Crippen molar-refractivity contribution in [3.05, 3.63) is 77.6 Å². The Hall–Kier alpha value is -3.00. The topological polar surface area (TPSA) is 61.8 Å². The number of likely N-dealkylation sites (N-methyl/N-ethyl adjacent to an activating group) is 1. The van der Waals surface area contributed by atoms with Gasteiger partial charge in [0, 0.05) is 7.05 Å². The molecule has 5 nitrogen and oxygen atoms in total. The number of rotatable bonds is 4. The number of amides is 1. The fourth-order valence-electron chi connectivity index (χ4n) is 4.55. The summed E-state index contributed by atoms with van der Waals surface area (Å²) in [5.74, 6) is -1.01. The molecule has 1 saturated carbocycles. The zero-order valence-corrected chi connectivity index (χ0v) is 17.9. The number of aliphatic hydroxyl groups is 1. The Bertz CT molecular complexity index is 1050. The fraction of sp³-hybridized carbons (Fsp3) is 0.375. The molecule has 1 heterocycles. The van der Waals surface area contributed by atoms with E-state index in [4.69, 9.17) is 0 Å². The molecule has 0 spiro atoms. The highest BCUT2D eigenvalue weighted by molar-refractivity contribution is 5.88. The predicted molar refractivity (Wildman–Crippen MR) is 112 cm³/mol. The lowest BCUT2D eigenvalue weighted by molar-refractivity contribution is -0.274. The van der Waals surface area contributed by atoms with Crippen molar-refractivity contribution in [2.75, 3.05) is 7.05 Å². The molecule has 2 atom stereocenters. The van der Waals surface area contributed by atoms with E-state index in [-0.39, 0.29) is 11.7 Å². The predicted octanol–water partition coefficient (Wildman–Crippen LogP) is 4.49. The Labute approximate surface area is 184 Å². The zero-order chi connectivity index (χ0) is 23.3. The lowest BCUT2D eigenvalue weighted by Crippen LogP contribution is -2.57. The Morgan fingerprint density at radius 3 is 2.38 bits per heavy atom. The van der Waals surface area contributed by atoms with Gasteiger partial charge in [-0.3, -0.25) is 4.79 Å². The summed E-state index contributed by atoms with van der Waals surface area (Å²) in [7, 11) is 1.60. The molecule has 2 aromatic rings. The molecular weight excluding hydrogens is 421 g/mol. The minimum atomic E-state index is -4.82. The van der Waals surface area contributed by atoms with Crippen LogP contribution in [0.25, 0.3) is 0 Å². The van der Waals surface area contributed by atoms with Gasteiger partial charge in [0.15, 0.2) is 0 Å². The van der Waals surface area contributed by atoms with Crippen molar-refractivity contribution in [2.45, 2.75) is 49.6 Å². The maximum Gasteiger partial charge on any atom is 0.573 e. The SMILES string of the molecule is C=C1N[C@](C)(c2cccc(OC(F)(F)F)c2)[C@@H](c2ccc(C3(O)CCC3)cc2)C(=O)N1C. The van der Waals surface area contributed by atoms with Gasteiger partial charge in [-0.2, -0.15) is 0 Å². The van der Waals surface area contributed by atoms with Crippen LogP contribution in [-0.4, -0.2) is 29.3 Å². The average molecular weight is 446 g/mol. The van der Waals surface area contributed by atoms with Crippen LogP contribution >= 0.6 is 0 Å². The van der Waals surface area contributed by atoms with E-state index in [9.17, 15) is 23.1 Å². The molecule has 32 heavy (non-hydrogen) atoms. The van der Waals surface area contributed by atoms with Crippen LogP contribution in [0.5, 0.6) is 5.75 Å². The quantitative estimate of drug-likeness (QED) is 0.727. The molecule has 0 unspecified atom stereocenters. The first-order valence-electron chi connectivity index (χ1n) is 10.4. The molecule has 2 aliphatic rings. The summed E-state index contributed by atoms with van der Waals surface area (Å²) in [5, 5.41) is 13.8. The molecule has 1 saturated heterocycles. The number of hydrogen-bond acceptors (Lipinski definition) is 4. The van der Waals surface area contributed by atoms with E-state index in [1.54, 1.807) is 32.2 Å². The minimum absolute atomic E-state index is 0.242. The molecule has 2 N–H and O–H groups in total. The van der Waals surface area contributed by atoms with Gasteiger partial charge in [-0.1, -0.05) is 43.0 Å². The van der Waals surface area contributed by atoms with Crippen molar-refractivity contribution in [1.82, 2.24) is 10.2 Å². The Morgan fingerprint density at radius 1 is 1.16 bits per heavy atom. The van der Waals surface area contributed by atoms with E-state index < -0.39 is 23.4 Å². The standard InChI is InChI=1S/C24H25F3N2O3/c1-15-28-22(2,18-6-4-7-19(14-18)32-24(25,26)27)20(21(30)29(15)3)16-8-10-17(11-9-16)23(31)12-5-13-23/h4,6-11,14,20,28,31H,1,5,12-13H2,2-3H3/t20-,22+/m0/s1. The van der Waals surface area contributed by atoms with Crippen LogP contribution in [0.4, 0.5) is 13.2 Å². The van der Waals surface area contributed by atoms with Crippen LogP contribution in [0.3, 0.4) is 0 Å². The van der Waals surface area contributed by atoms with Gasteiger partial charge < -0.3 is 20.1 Å². The number of ether oxygens (including phenoxy) is 1. The van der Waals surface area contributed by atoms with Crippen molar-refractivity contribution < 1.29 is 27.8 Å². The van der Waals surface area contributed by atoms with Crippen LogP contribution in [0.1, 0.15) is 48.8 Å². The highest BCUT2D eigenvalue weighted by atomic mass is 19.4. The molecule has 170 valence electrons. The largest absolute Gasteiger partial charge is 0.573 e. The van der Waals surface area contributed by atoms with E-state index in [0.717, 1.165) is 12.0 Å². The van der Waals surface area contributed by atoms with Crippen molar-refractivity contribution in [3.8, 4) is 5.75 Å². The van der Waals surface area contributed by atoms with Crippen LogP contribution in [-0.2, 0) is 15.9 Å². The van der Waals surface area contributed by atoms with E-state index in [1.165, 1.54) is 23.1 Å². The summed E-state index contributed by atoms with van der Waals surface area (Å²) in [4.78, 5) is 14.8. The smallest absolute Gasteiger partial charge is 0.406 e. The minimum Gasteiger partial charge on any atom is -0.406 e. The highest BCUT2D eigenvalue weighted by Gasteiger charge is 2.48. The van der Waals surface area contributed by atoms with E-state index in [2.05, 4.69) is 16.6 Å². The highest BCUT2D eigenvalue weighted by Crippen LogP contribution is 2.45. The second-order valence-electron chi connectivity index (χ2n) is 8.69. The third-order valence-corrected chi connectivity index (χ3v) is 6.59.